The maximum atomic E-state index is 12.9. The molecule has 0 radical (unpaired) electrons. The van der Waals surface area contributed by atoms with E-state index in [1.165, 1.54) is 250 Å². The third-order valence-corrected chi connectivity index (χ3v) is 15.8. The van der Waals surface area contributed by atoms with E-state index in [9.17, 15) is 14.4 Å². The maximum absolute atomic E-state index is 12.9. The van der Waals surface area contributed by atoms with Crippen molar-refractivity contribution in [3.63, 3.8) is 0 Å². The SMILES string of the molecule is CC/C=C\C/C=C\C/C=C\C/C=C\CCCCCCCCCCCCCCCCCCCCCCC(=O)OCC(COC(=O)CCCCCCCCCCCCC)OC(=O)CCCCCCCCC/C=C\CCCCCCCCC. The number of ether oxygens (including phenoxy) is 3. The standard InChI is InChI=1S/C74H134O6/c1-4-7-10-13-16-19-22-24-26-28-30-31-32-33-34-35-36-37-38-39-40-41-42-43-44-46-47-49-52-55-58-61-64-67-73(76)79-70-71(69-78-72(75)66-63-60-57-54-51-21-18-15-12-9-6-3)80-74(77)68-65-62-59-56-53-50-48-45-29-27-25-23-20-17-14-11-8-5-2/h7,10,16,19,24,26-27,29-31,71H,4-6,8-9,11-15,17-18,20-23,25,28,32-70H2,1-3H3/b10-7-,19-16-,26-24-,29-27-,31-30-. The monoisotopic (exact) mass is 1120 g/mol. The zero-order valence-corrected chi connectivity index (χ0v) is 53.6. The quantitative estimate of drug-likeness (QED) is 0.0261. The minimum atomic E-state index is -0.772. The summed E-state index contributed by atoms with van der Waals surface area (Å²) in [5.41, 5.74) is 0. The van der Waals surface area contributed by atoms with Crippen molar-refractivity contribution >= 4 is 17.9 Å². The summed E-state index contributed by atoms with van der Waals surface area (Å²) in [5, 5.41) is 0. The van der Waals surface area contributed by atoms with Crippen molar-refractivity contribution in [2.45, 2.75) is 380 Å². The van der Waals surface area contributed by atoms with Crippen molar-refractivity contribution in [1.82, 2.24) is 0 Å². The summed E-state index contributed by atoms with van der Waals surface area (Å²) in [7, 11) is 0. The fourth-order valence-electron chi connectivity index (χ4n) is 10.5. The van der Waals surface area contributed by atoms with Crippen molar-refractivity contribution in [3.05, 3.63) is 60.8 Å². The van der Waals surface area contributed by atoms with Crippen LogP contribution >= 0.6 is 0 Å². The summed E-state index contributed by atoms with van der Waals surface area (Å²) in [4.78, 5) is 38.3. The van der Waals surface area contributed by atoms with Gasteiger partial charge in [0.05, 0.1) is 0 Å². The Morgan fingerprint density at radius 1 is 0.263 bits per heavy atom. The van der Waals surface area contributed by atoms with Gasteiger partial charge in [0.15, 0.2) is 6.10 Å². The van der Waals surface area contributed by atoms with Gasteiger partial charge in [-0.05, 0) is 83.5 Å². The Morgan fingerprint density at radius 2 is 0.487 bits per heavy atom. The summed E-state index contributed by atoms with van der Waals surface area (Å²) in [6.07, 6.45) is 88.3. The Kier molecular flexibility index (Phi) is 66.1. The fourth-order valence-corrected chi connectivity index (χ4v) is 10.5. The van der Waals surface area contributed by atoms with Crippen LogP contribution in [-0.4, -0.2) is 37.2 Å². The van der Waals surface area contributed by atoms with Crippen LogP contribution in [-0.2, 0) is 28.6 Å². The first-order valence-electron chi connectivity index (χ1n) is 35.3. The lowest BCUT2D eigenvalue weighted by Crippen LogP contribution is -2.30. The van der Waals surface area contributed by atoms with Gasteiger partial charge in [-0.3, -0.25) is 14.4 Å². The number of hydrogen-bond acceptors (Lipinski definition) is 6. The lowest BCUT2D eigenvalue weighted by atomic mass is 10.0. The van der Waals surface area contributed by atoms with E-state index in [4.69, 9.17) is 14.2 Å². The molecule has 0 aromatic carbocycles. The summed E-state index contributed by atoms with van der Waals surface area (Å²) < 4.78 is 17.0. The van der Waals surface area contributed by atoms with Gasteiger partial charge < -0.3 is 14.2 Å². The van der Waals surface area contributed by atoms with Gasteiger partial charge in [-0.1, -0.05) is 332 Å². The van der Waals surface area contributed by atoms with Gasteiger partial charge >= 0.3 is 17.9 Å². The highest BCUT2D eigenvalue weighted by Gasteiger charge is 2.19. The first-order valence-corrected chi connectivity index (χ1v) is 35.3. The van der Waals surface area contributed by atoms with E-state index in [1.807, 2.05) is 0 Å². The normalized spacial score (nSPS) is 12.4. The van der Waals surface area contributed by atoms with Crippen molar-refractivity contribution in [2.75, 3.05) is 13.2 Å². The molecule has 80 heavy (non-hydrogen) atoms. The Morgan fingerprint density at radius 3 is 0.775 bits per heavy atom. The van der Waals surface area contributed by atoms with E-state index < -0.39 is 6.10 Å². The van der Waals surface area contributed by atoms with Crippen LogP contribution in [0.4, 0.5) is 0 Å². The molecule has 0 aliphatic heterocycles. The number of rotatable bonds is 65. The molecule has 6 nitrogen and oxygen atoms in total. The molecular weight excluding hydrogens is 985 g/mol. The van der Waals surface area contributed by atoms with Crippen LogP contribution in [0, 0.1) is 0 Å². The van der Waals surface area contributed by atoms with Gasteiger partial charge in [-0.25, -0.2) is 0 Å². The number of allylic oxidation sites excluding steroid dienone is 10. The molecule has 0 rings (SSSR count). The third kappa shape index (κ3) is 65.9. The first-order chi connectivity index (χ1) is 39.5. The third-order valence-electron chi connectivity index (χ3n) is 15.8. The molecule has 0 heterocycles. The summed E-state index contributed by atoms with van der Waals surface area (Å²) in [5.74, 6) is -0.850. The molecule has 1 atom stereocenters. The molecule has 0 spiro atoms. The van der Waals surface area contributed by atoms with Gasteiger partial charge in [0.1, 0.15) is 13.2 Å². The van der Waals surface area contributed by atoms with Crippen molar-refractivity contribution < 1.29 is 28.6 Å². The van der Waals surface area contributed by atoms with Crippen molar-refractivity contribution in [1.29, 1.82) is 0 Å². The number of carbonyl (C=O) groups is 3. The van der Waals surface area contributed by atoms with E-state index in [2.05, 4.69) is 81.5 Å². The highest BCUT2D eigenvalue weighted by molar-refractivity contribution is 5.71. The summed E-state index contributed by atoms with van der Waals surface area (Å²) >= 11 is 0. The van der Waals surface area contributed by atoms with E-state index in [-0.39, 0.29) is 31.1 Å². The van der Waals surface area contributed by atoms with E-state index in [1.54, 1.807) is 0 Å². The smallest absolute Gasteiger partial charge is 0.306 e. The highest BCUT2D eigenvalue weighted by atomic mass is 16.6. The molecule has 0 aromatic rings. The second-order valence-electron chi connectivity index (χ2n) is 23.8. The minimum absolute atomic E-state index is 0.0694. The zero-order valence-electron chi connectivity index (χ0n) is 53.6. The van der Waals surface area contributed by atoms with Crippen molar-refractivity contribution in [2.24, 2.45) is 0 Å². The molecule has 0 fully saturated rings. The molecule has 0 N–H and O–H groups in total. The second kappa shape index (κ2) is 68.6. The molecule has 0 bridgehead atoms. The Bertz CT molecular complexity index is 1430. The van der Waals surface area contributed by atoms with Crippen LogP contribution in [0.2, 0.25) is 0 Å². The topological polar surface area (TPSA) is 78.9 Å². The predicted molar refractivity (Wildman–Crippen MR) is 348 cm³/mol. The number of esters is 3. The fraction of sp³-hybridized carbons (Fsp3) is 0.824. The molecule has 0 saturated heterocycles. The molecular formula is C74H134O6. The molecule has 0 aromatic heterocycles. The average Bonchev–Trinajstić information content (AvgIpc) is 3.46. The van der Waals surface area contributed by atoms with Gasteiger partial charge in [0.25, 0.3) is 0 Å². The lowest BCUT2D eigenvalue weighted by Gasteiger charge is -2.18. The Balaban J connectivity index is 4.10. The predicted octanol–water partition coefficient (Wildman–Crippen LogP) is 24.3. The molecule has 0 saturated carbocycles. The number of unbranched alkanes of at least 4 members (excludes halogenated alkanes) is 44. The van der Waals surface area contributed by atoms with Gasteiger partial charge in [-0.2, -0.15) is 0 Å². The van der Waals surface area contributed by atoms with E-state index in [0.717, 1.165) is 83.5 Å². The maximum Gasteiger partial charge on any atom is 0.306 e. The van der Waals surface area contributed by atoms with Crippen molar-refractivity contribution in [3.8, 4) is 0 Å². The largest absolute Gasteiger partial charge is 0.462 e. The second-order valence-corrected chi connectivity index (χ2v) is 23.8. The van der Waals surface area contributed by atoms with Gasteiger partial charge in [0, 0.05) is 19.3 Å². The first kappa shape index (κ1) is 77.1. The molecule has 466 valence electrons. The molecule has 0 aliphatic carbocycles. The van der Waals surface area contributed by atoms with Crippen LogP contribution in [0.15, 0.2) is 60.8 Å². The highest BCUT2D eigenvalue weighted by Crippen LogP contribution is 2.18. The van der Waals surface area contributed by atoms with Crippen LogP contribution in [0.1, 0.15) is 374 Å². The Labute approximate surface area is 498 Å². The molecule has 0 aliphatic rings. The molecule has 0 amide bonds. The lowest BCUT2D eigenvalue weighted by molar-refractivity contribution is -0.167. The van der Waals surface area contributed by atoms with Gasteiger partial charge in [-0.15, -0.1) is 0 Å². The summed E-state index contributed by atoms with van der Waals surface area (Å²) in [6.45, 7) is 6.57. The number of carbonyl (C=O) groups excluding carboxylic acids is 3. The zero-order chi connectivity index (χ0) is 57.8. The molecule has 1 unspecified atom stereocenters. The van der Waals surface area contributed by atoms with Crippen LogP contribution in [0.5, 0.6) is 0 Å². The van der Waals surface area contributed by atoms with Crippen LogP contribution in [0.3, 0.4) is 0 Å². The minimum Gasteiger partial charge on any atom is -0.462 e. The van der Waals surface area contributed by atoms with E-state index >= 15 is 0 Å². The molecule has 6 heteroatoms. The van der Waals surface area contributed by atoms with Gasteiger partial charge in [0.2, 0.25) is 0 Å². The average molecular weight is 1120 g/mol. The van der Waals surface area contributed by atoms with Crippen LogP contribution < -0.4 is 0 Å². The van der Waals surface area contributed by atoms with Crippen LogP contribution in [0.25, 0.3) is 0 Å². The number of hydrogen-bond donors (Lipinski definition) is 0. The Hall–Kier alpha value is -2.89. The summed E-state index contributed by atoms with van der Waals surface area (Å²) in [6, 6.07) is 0. The van der Waals surface area contributed by atoms with E-state index in [0.29, 0.717) is 19.3 Å².